The Hall–Kier alpha value is -1.35. The van der Waals surface area contributed by atoms with Gasteiger partial charge >= 0.3 is 0 Å². The zero-order valence-corrected chi connectivity index (χ0v) is 12.9. The van der Waals surface area contributed by atoms with Gasteiger partial charge in [0, 0.05) is 5.56 Å². The van der Waals surface area contributed by atoms with Crippen LogP contribution in [0.3, 0.4) is 0 Å². The summed E-state index contributed by atoms with van der Waals surface area (Å²) in [6.07, 6.45) is 5.01. The first kappa shape index (κ1) is 15.7. The Morgan fingerprint density at radius 3 is 2.16 bits per heavy atom. The van der Waals surface area contributed by atoms with E-state index in [0.29, 0.717) is 28.2 Å². The van der Waals surface area contributed by atoms with Crippen molar-refractivity contribution in [2.45, 2.75) is 20.3 Å². The van der Waals surface area contributed by atoms with Gasteiger partial charge in [-0.2, -0.15) is 0 Å². The quantitative estimate of drug-likeness (QED) is 0.736. The van der Waals surface area contributed by atoms with Crippen LogP contribution in [-0.2, 0) is 6.42 Å². The maximum atomic E-state index is 6.22. The summed E-state index contributed by atoms with van der Waals surface area (Å²) in [6, 6.07) is 1.88. The molecular formula is C15H21ClO3. The fraction of sp³-hybridized carbons (Fsp3) is 0.467. The van der Waals surface area contributed by atoms with Crippen LogP contribution in [0, 0.1) is 5.92 Å². The van der Waals surface area contributed by atoms with Crippen molar-refractivity contribution in [3.63, 3.8) is 0 Å². The normalized spacial score (nSPS) is 12.5. The molecular weight excluding hydrogens is 264 g/mol. The number of rotatable bonds is 6. The van der Waals surface area contributed by atoms with Gasteiger partial charge in [-0.05, 0) is 25.3 Å². The van der Waals surface area contributed by atoms with Crippen LogP contribution >= 0.6 is 11.6 Å². The molecule has 1 aromatic carbocycles. The van der Waals surface area contributed by atoms with E-state index in [1.54, 1.807) is 21.3 Å². The molecule has 106 valence electrons. The minimum Gasteiger partial charge on any atom is -0.492 e. The highest BCUT2D eigenvalue weighted by Crippen LogP contribution is 2.45. The number of hydrogen-bond acceptors (Lipinski definition) is 3. The fourth-order valence-corrected chi connectivity index (χ4v) is 2.43. The second kappa shape index (κ2) is 7.29. The van der Waals surface area contributed by atoms with Gasteiger partial charge in [0.2, 0.25) is 5.75 Å². The molecule has 1 atom stereocenters. The smallest absolute Gasteiger partial charge is 0.205 e. The van der Waals surface area contributed by atoms with Crippen molar-refractivity contribution in [1.82, 2.24) is 0 Å². The van der Waals surface area contributed by atoms with Crippen molar-refractivity contribution < 1.29 is 14.2 Å². The minimum absolute atomic E-state index is 0.396. The van der Waals surface area contributed by atoms with E-state index in [-0.39, 0.29) is 0 Å². The molecule has 1 rings (SSSR count). The summed E-state index contributed by atoms with van der Waals surface area (Å²) in [7, 11) is 4.76. The number of allylic oxidation sites excluding steroid dienone is 2. The summed E-state index contributed by atoms with van der Waals surface area (Å²) in [5, 5.41) is 0.530. The average molecular weight is 285 g/mol. The fourth-order valence-electron chi connectivity index (χ4n) is 2.14. The summed E-state index contributed by atoms with van der Waals surface area (Å²) < 4.78 is 16.1. The molecule has 0 bridgehead atoms. The lowest BCUT2D eigenvalue weighted by molar-refractivity contribution is 0.321. The third kappa shape index (κ3) is 3.57. The lowest BCUT2D eigenvalue weighted by Crippen LogP contribution is -2.03. The Bertz CT molecular complexity index is 455. The highest BCUT2D eigenvalue weighted by atomic mass is 35.5. The van der Waals surface area contributed by atoms with Crippen molar-refractivity contribution in [3.05, 3.63) is 28.8 Å². The molecule has 0 N–H and O–H groups in total. The first-order valence-electron chi connectivity index (χ1n) is 6.19. The van der Waals surface area contributed by atoms with Crippen LogP contribution in [0.1, 0.15) is 19.4 Å². The molecule has 0 aliphatic carbocycles. The number of ether oxygens (including phenoxy) is 3. The first-order chi connectivity index (χ1) is 9.08. The zero-order valence-electron chi connectivity index (χ0n) is 12.1. The third-order valence-electron chi connectivity index (χ3n) is 2.90. The molecule has 0 spiro atoms. The minimum atomic E-state index is 0.396. The van der Waals surface area contributed by atoms with Gasteiger partial charge < -0.3 is 14.2 Å². The van der Waals surface area contributed by atoms with Gasteiger partial charge in [-0.25, -0.2) is 0 Å². The van der Waals surface area contributed by atoms with Crippen LogP contribution in [0.2, 0.25) is 5.02 Å². The van der Waals surface area contributed by atoms with Crippen LogP contribution in [-0.4, -0.2) is 21.3 Å². The molecule has 0 heterocycles. The maximum absolute atomic E-state index is 6.22. The Morgan fingerprint density at radius 1 is 1.11 bits per heavy atom. The van der Waals surface area contributed by atoms with Crippen molar-refractivity contribution in [2.75, 3.05) is 21.3 Å². The lowest BCUT2D eigenvalue weighted by Gasteiger charge is -2.18. The molecule has 0 radical (unpaired) electrons. The molecule has 4 heteroatoms. The largest absolute Gasteiger partial charge is 0.492 e. The standard InChI is InChI=1S/C15H21ClO3/c1-6-7-10(2)8-11-9-12(16)14(18-4)15(19-5)13(11)17-3/h6-7,9-10H,8H2,1-5H3/b7-6-. The lowest BCUT2D eigenvalue weighted by atomic mass is 9.99. The molecule has 0 saturated carbocycles. The van der Waals surface area contributed by atoms with Crippen molar-refractivity contribution in [1.29, 1.82) is 0 Å². The van der Waals surface area contributed by atoms with Crippen LogP contribution in [0.15, 0.2) is 18.2 Å². The Kier molecular flexibility index (Phi) is 6.03. The predicted molar refractivity (Wildman–Crippen MR) is 78.8 cm³/mol. The van der Waals surface area contributed by atoms with E-state index in [2.05, 4.69) is 13.0 Å². The van der Waals surface area contributed by atoms with E-state index < -0.39 is 0 Å². The molecule has 0 aliphatic heterocycles. The van der Waals surface area contributed by atoms with Gasteiger partial charge in [-0.3, -0.25) is 0 Å². The van der Waals surface area contributed by atoms with Gasteiger partial charge in [0.15, 0.2) is 11.5 Å². The number of halogens is 1. The maximum Gasteiger partial charge on any atom is 0.205 e. The molecule has 0 fully saturated rings. The summed E-state index contributed by atoms with van der Waals surface area (Å²) in [5.74, 6) is 2.12. The van der Waals surface area contributed by atoms with Gasteiger partial charge in [0.25, 0.3) is 0 Å². The second-order valence-corrected chi connectivity index (χ2v) is 4.73. The van der Waals surface area contributed by atoms with E-state index >= 15 is 0 Å². The molecule has 3 nitrogen and oxygen atoms in total. The molecule has 1 aromatic rings. The molecule has 19 heavy (non-hydrogen) atoms. The van der Waals surface area contributed by atoms with E-state index in [1.807, 2.05) is 19.1 Å². The zero-order chi connectivity index (χ0) is 14.4. The van der Waals surface area contributed by atoms with Crippen LogP contribution in [0.25, 0.3) is 0 Å². The summed E-state index contributed by atoms with van der Waals surface area (Å²) in [4.78, 5) is 0. The predicted octanol–water partition coefficient (Wildman–Crippen LogP) is 4.12. The Labute approximate surface area is 120 Å². The Balaban J connectivity index is 3.28. The second-order valence-electron chi connectivity index (χ2n) is 4.32. The van der Waals surface area contributed by atoms with Crippen LogP contribution in [0.5, 0.6) is 17.2 Å². The molecule has 0 saturated heterocycles. The topological polar surface area (TPSA) is 27.7 Å². The summed E-state index contributed by atoms with van der Waals surface area (Å²) in [6.45, 7) is 4.15. The van der Waals surface area contributed by atoms with Gasteiger partial charge in [0.05, 0.1) is 26.4 Å². The van der Waals surface area contributed by atoms with Gasteiger partial charge in [0.1, 0.15) is 0 Å². The highest BCUT2D eigenvalue weighted by molar-refractivity contribution is 6.32. The Morgan fingerprint density at radius 2 is 1.68 bits per heavy atom. The SMILES string of the molecule is C/C=C\C(C)Cc1cc(Cl)c(OC)c(OC)c1OC. The first-order valence-corrected chi connectivity index (χ1v) is 6.56. The highest BCUT2D eigenvalue weighted by Gasteiger charge is 2.20. The molecule has 1 unspecified atom stereocenters. The number of benzene rings is 1. The van der Waals surface area contributed by atoms with Gasteiger partial charge in [-0.1, -0.05) is 30.7 Å². The summed E-state index contributed by atoms with van der Waals surface area (Å²) >= 11 is 6.22. The van der Waals surface area contributed by atoms with Crippen molar-refractivity contribution in [3.8, 4) is 17.2 Å². The van der Waals surface area contributed by atoms with Gasteiger partial charge in [-0.15, -0.1) is 0 Å². The van der Waals surface area contributed by atoms with Crippen molar-refractivity contribution >= 4 is 11.6 Å². The van der Waals surface area contributed by atoms with E-state index in [9.17, 15) is 0 Å². The average Bonchev–Trinajstić information content (AvgIpc) is 2.38. The number of methoxy groups -OCH3 is 3. The molecule has 0 aliphatic rings. The molecule has 0 amide bonds. The van der Waals surface area contributed by atoms with Crippen molar-refractivity contribution in [2.24, 2.45) is 5.92 Å². The summed E-state index contributed by atoms with van der Waals surface area (Å²) in [5.41, 5.74) is 1.01. The third-order valence-corrected chi connectivity index (χ3v) is 3.18. The number of hydrogen-bond donors (Lipinski definition) is 0. The van der Waals surface area contributed by atoms with E-state index in [1.165, 1.54) is 0 Å². The van der Waals surface area contributed by atoms with E-state index in [4.69, 9.17) is 25.8 Å². The van der Waals surface area contributed by atoms with Crippen LogP contribution < -0.4 is 14.2 Å². The molecule has 0 aromatic heterocycles. The van der Waals surface area contributed by atoms with Crippen LogP contribution in [0.4, 0.5) is 0 Å². The van der Waals surface area contributed by atoms with E-state index in [0.717, 1.165) is 12.0 Å². The monoisotopic (exact) mass is 284 g/mol.